The number of hydrogen-bond acceptors (Lipinski definition) is 5. The third kappa shape index (κ3) is 4.50. The number of aryl methyl sites for hydroxylation is 2. The molecule has 0 fully saturated rings. The summed E-state index contributed by atoms with van der Waals surface area (Å²) in [5, 5.41) is 13.7. The van der Waals surface area contributed by atoms with Crippen LogP contribution in [0.4, 0.5) is 11.4 Å². The second-order valence-electron chi connectivity index (χ2n) is 5.43. The highest BCUT2D eigenvalue weighted by Crippen LogP contribution is 2.28. The fourth-order valence-corrected chi connectivity index (χ4v) is 2.69. The average Bonchev–Trinajstić information content (AvgIpc) is 2.55. The minimum absolute atomic E-state index is 0.0231. The van der Waals surface area contributed by atoms with Crippen molar-refractivity contribution in [1.82, 2.24) is 0 Å². The number of anilines is 1. The van der Waals surface area contributed by atoms with Crippen LogP contribution in [0.5, 0.6) is 0 Å². The molecule has 0 radical (unpaired) electrons. The number of rotatable bonds is 5. The number of benzene rings is 2. The van der Waals surface area contributed by atoms with E-state index >= 15 is 0 Å². The van der Waals surface area contributed by atoms with E-state index in [0.29, 0.717) is 0 Å². The van der Waals surface area contributed by atoms with E-state index in [-0.39, 0.29) is 27.0 Å². The summed E-state index contributed by atoms with van der Waals surface area (Å²) in [7, 11) is 0. The third-order valence-electron chi connectivity index (χ3n) is 3.58. The van der Waals surface area contributed by atoms with Gasteiger partial charge in [0.05, 0.1) is 20.5 Å². The average molecular weight is 397 g/mol. The summed E-state index contributed by atoms with van der Waals surface area (Å²) in [6.07, 6.45) is 0. The molecule has 1 amide bonds. The predicted molar refractivity (Wildman–Crippen MR) is 97.9 cm³/mol. The van der Waals surface area contributed by atoms with Gasteiger partial charge in [-0.05, 0) is 43.2 Å². The number of nitrogens with zero attached hydrogens (tertiary/aromatic N) is 1. The molecule has 2 aromatic carbocycles. The van der Waals surface area contributed by atoms with E-state index in [0.717, 1.165) is 11.1 Å². The Morgan fingerprint density at radius 1 is 1.15 bits per heavy atom. The van der Waals surface area contributed by atoms with Gasteiger partial charge in [0.1, 0.15) is 5.69 Å². The summed E-state index contributed by atoms with van der Waals surface area (Å²) in [6.45, 7) is 2.83. The van der Waals surface area contributed by atoms with Crippen LogP contribution in [0.3, 0.4) is 0 Å². The number of nitrogens with one attached hydrogen (secondary N) is 1. The fraction of sp³-hybridized carbons (Fsp3) is 0.176. The lowest BCUT2D eigenvalue weighted by Crippen LogP contribution is -2.21. The van der Waals surface area contributed by atoms with Gasteiger partial charge in [0.25, 0.3) is 11.6 Å². The number of halogens is 2. The summed E-state index contributed by atoms with van der Waals surface area (Å²) in [4.78, 5) is 34.6. The Balaban J connectivity index is 2.09. The highest BCUT2D eigenvalue weighted by Gasteiger charge is 2.20. The highest BCUT2D eigenvalue weighted by molar-refractivity contribution is 6.39. The standard InChI is InChI=1S/C17H14Cl2N2O5/c1-9-6-13(14(21(24)25)7-10(9)2)20-15(22)8-26-17(23)16-11(18)4-3-5-12(16)19/h3-7H,8H2,1-2H3,(H,20,22). The van der Waals surface area contributed by atoms with Crippen molar-refractivity contribution < 1.29 is 19.2 Å². The number of hydrogen-bond donors (Lipinski definition) is 1. The van der Waals surface area contributed by atoms with Crippen molar-refractivity contribution in [3.63, 3.8) is 0 Å². The minimum atomic E-state index is -0.870. The van der Waals surface area contributed by atoms with Crippen LogP contribution in [0.25, 0.3) is 0 Å². The molecular formula is C17H14Cl2N2O5. The van der Waals surface area contributed by atoms with Gasteiger partial charge in [-0.15, -0.1) is 0 Å². The lowest BCUT2D eigenvalue weighted by atomic mass is 10.1. The molecule has 2 aromatic rings. The largest absolute Gasteiger partial charge is 0.452 e. The summed E-state index contributed by atoms with van der Waals surface area (Å²) >= 11 is 11.8. The van der Waals surface area contributed by atoms with Gasteiger partial charge in [-0.25, -0.2) is 4.79 Å². The van der Waals surface area contributed by atoms with Crippen LogP contribution in [0.15, 0.2) is 30.3 Å². The fourth-order valence-electron chi connectivity index (χ4n) is 2.13. The SMILES string of the molecule is Cc1cc(NC(=O)COC(=O)c2c(Cl)cccc2Cl)c([N+](=O)[O-])cc1C. The molecule has 136 valence electrons. The van der Waals surface area contributed by atoms with Crippen molar-refractivity contribution in [2.24, 2.45) is 0 Å². The van der Waals surface area contributed by atoms with Crippen LogP contribution >= 0.6 is 23.2 Å². The molecule has 0 aliphatic rings. The molecule has 0 aromatic heterocycles. The highest BCUT2D eigenvalue weighted by atomic mass is 35.5. The van der Waals surface area contributed by atoms with E-state index in [4.69, 9.17) is 27.9 Å². The van der Waals surface area contributed by atoms with E-state index in [9.17, 15) is 19.7 Å². The van der Waals surface area contributed by atoms with Crippen molar-refractivity contribution in [3.8, 4) is 0 Å². The summed E-state index contributed by atoms with van der Waals surface area (Å²) in [5.74, 6) is -1.60. The molecule has 0 unspecified atom stereocenters. The molecule has 26 heavy (non-hydrogen) atoms. The van der Waals surface area contributed by atoms with Crippen LogP contribution in [0.1, 0.15) is 21.5 Å². The van der Waals surface area contributed by atoms with E-state index in [1.165, 1.54) is 24.3 Å². The van der Waals surface area contributed by atoms with E-state index < -0.39 is 23.4 Å². The van der Waals surface area contributed by atoms with Crippen LogP contribution in [-0.2, 0) is 9.53 Å². The zero-order chi connectivity index (χ0) is 19.4. The first-order chi connectivity index (χ1) is 12.2. The van der Waals surface area contributed by atoms with Gasteiger partial charge in [0, 0.05) is 6.07 Å². The van der Waals surface area contributed by atoms with Crippen molar-refractivity contribution in [2.75, 3.05) is 11.9 Å². The number of nitro groups is 1. The maximum Gasteiger partial charge on any atom is 0.341 e. The van der Waals surface area contributed by atoms with E-state index in [1.807, 2.05) is 0 Å². The molecule has 7 nitrogen and oxygen atoms in total. The van der Waals surface area contributed by atoms with Crippen LogP contribution in [0.2, 0.25) is 10.0 Å². The van der Waals surface area contributed by atoms with E-state index in [1.54, 1.807) is 19.9 Å². The number of carbonyl (C=O) groups excluding carboxylic acids is 2. The zero-order valence-electron chi connectivity index (χ0n) is 13.8. The number of nitro benzene ring substituents is 1. The van der Waals surface area contributed by atoms with Crippen molar-refractivity contribution in [3.05, 3.63) is 67.2 Å². The first-order valence-corrected chi connectivity index (χ1v) is 8.13. The minimum Gasteiger partial charge on any atom is -0.452 e. The zero-order valence-corrected chi connectivity index (χ0v) is 15.4. The number of amides is 1. The van der Waals surface area contributed by atoms with Crippen molar-refractivity contribution in [1.29, 1.82) is 0 Å². The molecule has 0 saturated carbocycles. The van der Waals surface area contributed by atoms with Gasteiger partial charge in [0.15, 0.2) is 6.61 Å². The monoisotopic (exact) mass is 396 g/mol. The topological polar surface area (TPSA) is 98.5 Å². The number of esters is 1. The maximum atomic E-state index is 12.0. The molecule has 0 atom stereocenters. The Morgan fingerprint density at radius 2 is 1.73 bits per heavy atom. The molecule has 0 heterocycles. The van der Waals surface area contributed by atoms with E-state index in [2.05, 4.69) is 5.32 Å². The number of ether oxygens (including phenoxy) is 1. The molecule has 0 aliphatic carbocycles. The lowest BCUT2D eigenvalue weighted by Gasteiger charge is -2.10. The van der Waals surface area contributed by atoms with Crippen molar-refractivity contribution in [2.45, 2.75) is 13.8 Å². The Bertz CT molecular complexity index is 879. The summed E-state index contributed by atoms with van der Waals surface area (Å²) in [6, 6.07) is 7.33. The second kappa shape index (κ2) is 8.16. The molecule has 0 saturated heterocycles. The van der Waals surface area contributed by atoms with Gasteiger partial charge in [-0.1, -0.05) is 29.3 Å². The Morgan fingerprint density at radius 3 is 2.31 bits per heavy atom. The first kappa shape index (κ1) is 19.7. The third-order valence-corrected chi connectivity index (χ3v) is 4.21. The number of carbonyl (C=O) groups is 2. The summed E-state index contributed by atoms with van der Waals surface area (Å²) < 4.78 is 4.89. The normalized spacial score (nSPS) is 10.3. The van der Waals surface area contributed by atoms with Crippen LogP contribution in [0, 0.1) is 24.0 Å². The van der Waals surface area contributed by atoms with Crippen molar-refractivity contribution >= 4 is 46.5 Å². The first-order valence-electron chi connectivity index (χ1n) is 7.37. The van der Waals surface area contributed by atoms with Gasteiger partial charge >= 0.3 is 5.97 Å². The molecule has 0 aliphatic heterocycles. The van der Waals surface area contributed by atoms with Gasteiger partial charge in [-0.2, -0.15) is 0 Å². The van der Waals surface area contributed by atoms with Crippen LogP contribution < -0.4 is 5.32 Å². The molecule has 0 spiro atoms. The van der Waals surface area contributed by atoms with Gasteiger partial charge in [-0.3, -0.25) is 14.9 Å². The predicted octanol–water partition coefficient (Wildman–Crippen LogP) is 4.31. The molecule has 2 rings (SSSR count). The Hall–Kier alpha value is -2.64. The molecule has 0 bridgehead atoms. The van der Waals surface area contributed by atoms with Crippen LogP contribution in [-0.4, -0.2) is 23.4 Å². The molecule has 9 heteroatoms. The smallest absolute Gasteiger partial charge is 0.341 e. The Kier molecular flexibility index (Phi) is 6.18. The lowest BCUT2D eigenvalue weighted by molar-refractivity contribution is -0.384. The summed E-state index contributed by atoms with van der Waals surface area (Å²) in [5.41, 5.74) is 1.21. The van der Waals surface area contributed by atoms with Gasteiger partial charge < -0.3 is 10.1 Å². The second-order valence-corrected chi connectivity index (χ2v) is 6.25. The molecular weight excluding hydrogens is 383 g/mol. The quantitative estimate of drug-likeness (QED) is 0.461. The van der Waals surface area contributed by atoms with Gasteiger partial charge in [0.2, 0.25) is 0 Å². The molecule has 1 N–H and O–H groups in total. The maximum absolute atomic E-state index is 12.0. The Labute approximate surface area is 159 Å².